The Labute approximate surface area is 266 Å². The van der Waals surface area contributed by atoms with Crippen LogP contribution >= 0.6 is 23.2 Å². The molecule has 0 aliphatic heterocycles. The summed E-state index contributed by atoms with van der Waals surface area (Å²) in [6.07, 6.45) is -6.89. The van der Waals surface area contributed by atoms with Gasteiger partial charge < -0.3 is 9.84 Å². The van der Waals surface area contributed by atoms with E-state index < -0.39 is 52.7 Å². The van der Waals surface area contributed by atoms with Crippen LogP contribution < -0.4 is 10.4 Å². The fraction of sp³-hybridized carbons (Fsp3) is 0.407. The molecule has 18 heteroatoms. The maximum Gasteiger partial charge on any atom is 0.416 e. The second-order valence-corrected chi connectivity index (χ2v) is 13.7. The Balaban J connectivity index is 1.84. The van der Waals surface area contributed by atoms with Gasteiger partial charge in [0.25, 0.3) is 0 Å². The number of aromatic nitrogens is 6. The van der Waals surface area contributed by atoms with E-state index in [4.69, 9.17) is 27.9 Å². The molecular formula is C27H30Cl2F3N7O5S. The minimum Gasteiger partial charge on any atom is -0.382 e. The quantitative estimate of drug-likeness (QED) is 0.240. The fourth-order valence-corrected chi connectivity index (χ4v) is 5.18. The highest BCUT2D eigenvalue weighted by atomic mass is 35.5. The molecule has 12 nitrogen and oxygen atoms in total. The highest BCUT2D eigenvalue weighted by molar-refractivity contribution is 7.88. The number of para-hydroxylation sites is 1. The minimum absolute atomic E-state index is 0.0493. The highest BCUT2D eigenvalue weighted by Gasteiger charge is 2.39. The van der Waals surface area contributed by atoms with Gasteiger partial charge in [0.2, 0.25) is 10.0 Å². The van der Waals surface area contributed by atoms with Crippen LogP contribution in [0.1, 0.15) is 38.5 Å². The molecule has 0 aliphatic rings. The number of aliphatic hydroxyl groups is 1. The molecule has 0 saturated heterocycles. The fourth-order valence-electron chi connectivity index (χ4n) is 4.15. The molecule has 4 rings (SSSR count). The molecule has 2 N–H and O–H groups in total. The SMILES string of the molecule is CC(C)(C)OCC(NS(C)(=O)=O)c1nc(Cn2nc(-c3ccc(Cl)cc3)n(C[C@H](O)C(F)(F)F)c2=O)nn1-c1ccccc1Cl. The molecule has 244 valence electrons. The van der Waals surface area contributed by atoms with Gasteiger partial charge in [-0.1, -0.05) is 35.3 Å². The van der Waals surface area contributed by atoms with Crippen molar-refractivity contribution in [3.05, 3.63) is 80.7 Å². The topological polar surface area (TPSA) is 146 Å². The Morgan fingerprint density at radius 3 is 2.27 bits per heavy atom. The van der Waals surface area contributed by atoms with E-state index in [1.807, 2.05) is 0 Å². The number of hydrogen-bond donors (Lipinski definition) is 2. The molecule has 0 fully saturated rings. The monoisotopic (exact) mass is 691 g/mol. The van der Waals surface area contributed by atoms with Crippen LogP contribution in [0.4, 0.5) is 13.2 Å². The second kappa shape index (κ2) is 13.2. The van der Waals surface area contributed by atoms with E-state index in [0.29, 0.717) is 15.3 Å². The van der Waals surface area contributed by atoms with Gasteiger partial charge in [-0.05, 0) is 57.2 Å². The highest BCUT2D eigenvalue weighted by Crippen LogP contribution is 2.26. The number of ether oxygens (including phenoxy) is 1. The van der Waals surface area contributed by atoms with Crippen LogP contribution in [0.5, 0.6) is 0 Å². The van der Waals surface area contributed by atoms with E-state index in [1.54, 1.807) is 45.0 Å². The van der Waals surface area contributed by atoms with Crippen molar-refractivity contribution in [2.75, 3.05) is 12.9 Å². The lowest BCUT2D eigenvalue weighted by atomic mass is 10.2. The van der Waals surface area contributed by atoms with E-state index in [1.165, 1.54) is 28.9 Å². The summed E-state index contributed by atoms with van der Waals surface area (Å²) in [6.45, 7) is 3.62. The molecule has 2 heterocycles. The third kappa shape index (κ3) is 8.92. The maximum atomic E-state index is 13.4. The first-order valence-electron chi connectivity index (χ1n) is 13.3. The number of sulfonamides is 1. The van der Waals surface area contributed by atoms with E-state index in [9.17, 15) is 31.5 Å². The van der Waals surface area contributed by atoms with Gasteiger partial charge in [-0.25, -0.2) is 32.3 Å². The molecule has 1 unspecified atom stereocenters. The zero-order valence-electron chi connectivity index (χ0n) is 24.5. The number of halogens is 5. The summed E-state index contributed by atoms with van der Waals surface area (Å²) in [5.74, 6) is -0.154. The van der Waals surface area contributed by atoms with Crippen LogP contribution in [0.2, 0.25) is 10.0 Å². The number of nitrogens with one attached hydrogen (secondary N) is 1. The van der Waals surface area contributed by atoms with Crippen molar-refractivity contribution in [2.24, 2.45) is 0 Å². The third-order valence-electron chi connectivity index (χ3n) is 6.16. The normalized spacial score (nSPS) is 14.1. The first-order chi connectivity index (χ1) is 20.8. The van der Waals surface area contributed by atoms with E-state index in [0.717, 1.165) is 10.9 Å². The van der Waals surface area contributed by atoms with Crippen LogP contribution in [0, 0.1) is 0 Å². The molecule has 2 aromatic heterocycles. The van der Waals surface area contributed by atoms with Crippen LogP contribution in [-0.4, -0.2) is 73.4 Å². The smallest absolute Gasteiger partial charge is 0.382 e. The summed E-state index contributed by atoms with van der Waals surface area (Å²) >= 11 is 12.4. The zero-order valence-corrected chi connectivity index (χ0v) is 26.8. The summed E-state index contributed by atoms with van der Waals surface area (Å²) in [7, 11) is -3.80. The predicted molar refractivity (Wildman–Crippen MR) is 161 cm³/mol. The molecule has 0 saturated carbocycles. The van der Waals surface area contributed by atoms with Gasteiger partial charge in [-0.15, -0.1) is 10.2 Å². The lowest BCUT2D eigenvalue weighted by Gasteiger charge is -2.24. The average molecular weight is 693 g/mol. The molecular weight excluding hydrogens is 662 g/mol. The van der Waals surface area contributed by atoms with Crippen LogP contribution in [0.25, 0.3) is 17.1 Å². The molecule has 0 spiro atoms. The lowest BCUT2D eigenvalue weighted by Crippen LogP contribution is -2.37. The molecule has 45 heavy (non-hydrogen) atoms. The summed E-state index contributed by atoms with van der Waals surface area (Å²) < 4.78 is 75.7. The summed E-state index contributed by atoms with van der Waals surface area (Å²) in [5.41, 5.74) is -1.05. The number of hydrogen-bond acceptors (Lipinski definition) is 8. The van der Waals surface area contributed by atoms with Crippen LogP contribution in [-0.2, 0) is 27.8 Å². The van der Waals surface area contributed by atoms with Gasteiger partial charge in [0, 0.05) is 10.6 Å². The van der Waals surface area contributed by atoms with Gasteiger partial charge in [0.15, 0.2) is 23.6 Å². The Morgan fingerprint density at radius 2 is 1.69 bits per heavy atom. The van der Waals surface area contributed by atoms with Crippen molar-refractivity contribution in [3.63, 3.8) is 0 Å². The lowest BCUT2D eigenvalue weighted by molar-refractivity contribution is -0.207. The molecule has 4 aromatic rings. The molecule has 0 radical (unpaired) electrons. The van der Waals surface area contributed by atoms with Crippen molar-refractivity contribution in [2.45, 2.75) is 57.8 Å². The van der Waals surface area contributed by atoms with Crippen molar-refractivity contribution in [3.8, 4) is 17.1 Å². The Kier molecular flexibility index (Phi) is 10.2. The Bertz CT molecular complexity index is 1820. The van der Waals surface area contributed by atoms with Crippen molar-refractivity contribution < 1.29 is 31.4 Å². The van der Waals surface area contributed by atoms with E-state index in [2.05, 4.69) is 19.9 Å². The maximum absolute atomic E-state index is 13.4. The second-order valence-electron chi connectivity index (χ2n) is 11.1. The van der Waals surface area contributed by atoms with Crippen molar-refractivity contribution >= 4 is 33.2 Å². The molecule has 0 amide bonds. The van der Waals surface area contributed by atoms with Gasteiger partial charge in [-0.2, -0.15) is 13.2 Å². The van der Waals surface area contributed by atoms with E-state index >= 15 is 0 Å². The zero-order chi connectivity index (χ0) is 33.3. The van der Waals surface area contributed by atoms with Gasteiger partial charge in [0.05, 0.1) is 35.7 Å². The first kappa shape index (κ1) is 34.6. The summed E-state index contributed by atoms with van der Waals surface area (Å²) in [6, 6.07) is 11.3. The molecule has 2 aromatic carbocycles. The Morgan fingerprint density at radius 1 is 1.04 bits per heavy atom. The van der Waals surface area contributed by atoms with Crippen LogP contribution in [0.3, 0.4) is 0 Å². The van der Waals surface area contributed by atoms with E-state index in [-0.39, 0.29) is 34.7 Å². The van der Waals surface area contributed by atoms with Gasteiger partial charge >= 0.3 is 11.9 Å². The largest absolute Gasteiger partial charge is 0.416 e. The van der Waals surface area contributed by atoms with Crippen molar-refractivity contribution in [1.29, 1.82) is 0 Å². The summed E-state index contributed by atoms with van der Waals surface area (Å²) in [5, 5.41) is 19.1. The first-order valence-corrected chi connectivity index (χ1v) is 16.0. The third-order valence-corrected chi connectivity index (χ3v) is 7.44. The Hall–Kier alpha value is -3.28. The summed E-state index contributed by atoms with van der Waals surface area (Å²) in [4.78, 5) is 17.9. The minimum atomic E-state index is -5.00. The number of benzene rings is 2. The predicted octanol–water partition coefficient (Wildman–Crippen LogP) is 3.98. The van der Waals surface area contributed by atoms with Crippen LogP contribution in [0.15, 0.2) is 53.3 Å². The standard InChI is InChI=1S/C27H30Cl2F3N7O5S/c1-26(2,3)44-15-19(36-45(4,42)43)24-33-22(34-39(24)20-8-6-5-7-18(20)29)14-38-25(41)37(13-21(40)27(30,31)32)23(35-38)16-9-11-17(28)12-10-16/h5-12,19,21,36,40H,13-15H2,1-4H3/t19?,21-/m0/s1. The molecule has 0 bridgehead atoms. The molecule has 0 aliphatic carbocycles. The molecule has 2 atom stereocenters. The number of rotatable bonds is 11. The van der Waals surface area contributed by atoms with Gasteiger partial charge in [0.1, 0.15) is 12.6 Å². The number of alkyl halides is 3. The number of aliphatic hydroxyl groups excluding tert-OH is 1. The van der Waals surface area contributed by atoms with Crippen molar-refractivity contribution in [1.82, 2.24) is 33.8 Å². The number of nitrogens with zero attached hydrogens (tertiary/aromatic N) is 6. The average Bonchev–Trinajstić information content (AvgIpc) is 3.47. The van der Waals surface area contributed by atoms with Gasteiger partial charge in [-0.3, -0.25) is 4.57 Å².